The Labute approximate surface area is 209 Å². The summed E-state index contributed by atoms with van der Waals surface area (Å²) in [5.41, 5.74) is 3.52. The van der Waals surface area contributed by atoms with E-state index in [4.69, 9.17) is 9.72 Å². The third-order valence-electron chi connectivity index (χ3n) is 7.12. The van der Waals surface area contributed by atoms with E-state index >= 15 is 0 Å². The van der Waals surface area contributed by atoms with E-state index in [9.17, 15) is 9.90 Å². The second kappa shape index (κ2) is 9.77. The molecule has 190 valence electrons. The van der Waals surface area contributed by atoms with Crippen LogP contribution in [0.25, 0.3) is 27.7 Å². The number of ether oxygens (including phenoxy) is 1. The standard InChI is InChI=1S/C26H33N7O3/c1-5-36-18-10-19(24-20-12-28-30-25(20)31-33(24)13-18)17-6-7-23(27-11-17)32-9-8-21(22(34)14-32)29-26(35)16(4)15(2)3/h6-7,10-13,15-16,21-22,34H,5,8-9,14H2,1-4H3,(H,29,35)(H,30,31)/t16?,21-,22+/m0/s1. The quantitative estimate of drug-likeness (QED) is 0.363. The molecule has 0 saturated carbocycles. The molecule has 0 radical (unpaired) electrons. The highest BCUT2D eigenvalue weighted by molar-refractivity contribution is 6.00. The first-order valence-electron chi connectivity index (χ1n) is 12.5. The highest BCUT2D eigenvalue weighted by Gasteiger charge is 2.31. The van der Waals surface area contributed by atoms with Crippen LogP contribution in [0, 0.1) is 11.8 Å². The maximum atomic E-state index is 12.5. The summed E-state index contributed by atoms with van der Waals surface area (Å²) in [5, 5.41) is 26.3. The SMILES string of the molecule is CCOc1cc(-c2ccc(N3CC[C@H](NC(=O)C(C)C(C)C)[C@H](O)C3)nc2)c2c3cn[nH]c3nn2c1. The minimum Gasteiger partial charge on any atom is -0.492 e. The fourth-order valence-electron chi connectivity index (χ4n) is 4.66. The molecule has 4 aromatic heterocycles. The minimum absolute atomic E-state index is 0.00261. The van der Waals surface area contributed by atoms with Crippen LogP contribution in [-0.4, -0.2) is 67.7 Å². The smallest absolute Gasteiger partial charge is 0.223 e. The lowest BCUT2D eigenvalue weighted by Crippen LogP contribution is -2.55. The molecule has 0 spiro atoms. The Kier molecular flexibility index (Phi) is 6.53. The molecule has 1 unspecified atom stereocenters. The Hall–Kier alpha value is -3.66. The number of piperidine rings is 1. The van der Waals surface area contributed by atoms with Gasteiger partial charge in [0.1, 0.15) is 11.6 Å². The Balaban J connectivity index is 1.35. The molecule has 3 atom stereocenters. The molecule has 1 fully saturated rings. The van der Waals surface area contributed by atoms with Crippen molar-refractivity contribution in [2.45, 2.75) is 46.3 Å². The average Bonchev–Trinajstić information content (AvgIpc) is 3.46. The average molecular weight is 492 g/mol. The van der Waals surface area contributed by atoms with Gasteiger partial charge in [0.15, 0.2) is 5.65 Å². The molecule has 10 heteroatoms. The van der Waals surface area contributed by atoms with Gasteiger partial charge in [0.25, 0.3) is 0 Å². The van der Waals surface area contributed by atoms with Crippen molar-refractivity contribution in [2.75, 3.05) is 24.6 Å². The molecule has 1 saturated heterocycles. The third kappa shape index (κ3) is 4.48. The molecule has 36 heavy (non-hydrogen) atoms. The normalized spacial score (nSPS) is 19.2. The number of aliphatic hydroxyl groups excluding tert-OH is 1. The summed E-state index contributed by atoms with van der Waals surface area (Å²) in [5.74, 6) is 1.68. The number of fused-ring (bicyclic) bond motifs is 3. The van der Waals surface area contributed by atoms with E-state index in [0.717, 1.165) is 33.6 Å². The number of carbonyl (C=O) groups is 1. The van der Waals surface area contributed by atoms with Gasteiger partial charge in [0, 0.05) is 36.3 Å². The Morgan fingerprint density at radius 3 is 2.83 bits per heavy atom. The van der Waals surface area contributed by atoms with Crippen molar-refractivity contribution in [1.82, 2.24) is 30.1 Å². The molecule has 4 aromatic rings. The topological polar surface area (TPSA) is 121 Å². The maximum absolute atomic E-state index is 12.5. The number of hydrogen-bond acceptors (Lipinski definition) is 7. The van der Waals surface area contributed by atoms with Crippen molar-refractivity contribution in [2.24, 2.45) is 11.8 Å². The van der Waals surface area contributed by atoms with Crippen LogP contribution in [0.4, 0.5) is 5.82 Å². The van der Waals surface area contributed by atoms with Crippen LogP contribution in [0.2, 0.25) is 0 Å². The van der Waals surface area contributed by atoms with Crippen molar-refractivity contribution >= 4 is 28.3 Å². The zero-order valence-electron chi connectivity index (χ0n) is 21.1. The summed E-state index contributed by atoms with van der Waals surface area (Å²) >= 11 is 0. The number of aromatic nitrogens is 5. The summed E-state index contributed by atoms with van der Waals surface area (Å²) in [6.07, 6.45) is 5.48. The van der Waals surface area contributed by atoms with Gasteiger partial charge in [-0.1, -0.05) is 20.8 Å². The highest BCUT2D eigenvalue weighted by Crippen LogP contribution is 2.33. The highest BCUT2D eigenvalue weighted by atomic mass is 16.5. The number of rotatable bonds is 7. The largest absolute Gasteiger partial charge is 0.492 e. The van der Waals surface area contributed by atoms with Crippen molar-refractivity contribution in [3.05, 3.63) is 36.8 Å². The Bertz CT molecular complexity index is 1360. The second-order valence-corrected chi connectivity index (χ2v) is 9.80. The number of H-pyrrole nitrogens is 1. The van der Waals surface area contributed by atoms with Gasteiger partial charge in [0.2, 0.25) is 5.91 Å². The van der Waals surface area contributed by atoms with Gasteiger partial charge in [0.05, 0.1) is 42.0 Å². The Morgan fingerprint density at radius 2 is 2.14 bits per heavy atom. The molecule has 0 aliphatic carbocycles. The molecular weight excluding hydrogens is 458 g/mol. The number of nitrogens with zero attached hydrogens (tertiary/aromatic N) is 5. The molecule has 1 aliphatic heterocycles. The van der Waals surface area contributed by atoms with E-state index in [2.05, 4.69) is 25.5 Å². The summed E-state index contributed by atoms with van der Waals surface area (Å²) in [6, 6.07) is 5.74. The van der Waals surface area contributed by atoms with E-state index in [-0.39, 0.29) is 23.8 Å². The molecule has 1 aliphatic rings. The number of β-amino-alcohol motifs (C(OH)–C–C–N with tert-alkyl or cyclic N) is 1. The monoisotopic (exact) mass is 491 g/mol. The summed E-state index contributed by atoms with van der Waals surface area (Å²) in [6.45, 7) is 9.60. The van der Waals surface area contributed by atoms with Gasteiger partial charge in [-0.3, -0.25) is 9.89 Å². The van der Waals surface area contributed by atoms with Crippen LogP contribution in [0.5, 0.6) is 5.75 Å². The molecular formula is C26H33N7O3. The van der Waals surface area contributed by atoms with Gasteiger partial charge >= 0.3 is 0 Å². The molecule has 3 N–H and O–H groups in total. The van der Waals surface area contributed by atoms with Crippen LogP contribution in [0.15, 0.2) is 36.8 Å². The van der Waals surface area contributed by atoms with Crippen LogP contribution < -0.4 is 15.0 Å². The fourth-order valence-corrected chi connectivity index (χ4v) is 4.66. The van der Waals surface area contributed by atoms with E-state index in [1.807, 2.05) is 62.8 Å². The van der Waals surface area contributed by atoms with Crippen molar-refractivity contribution in [3.8, 4) is 16.9 Å². The van der Waals surface area contributed by atoms with Crippen LogP contribution >= 0.6 is 0 Å². The first kappa shape index (κ1) is 24.1. The number of aliphatic hydroxyl groups is 1. The van der Waals surface area contributed by atoms with Gasteiger partial charge in [-0.15, -0.1) is 5.10 Å². The zero-order chi connectivity index (χ0) is 25.4. The number of carbonyl (C=O) groups excluding carboxylic acids is 1. The van der Waals surface area contributed by atoms with Crippen LogP contribution in [0.3, 0.4) is 0 Å². The number of nitrogens with one attached hydrogen (secondary N) is 2. The number of amides is 1. The number of pyridine rings is 2. The second-order valence-electron chi connectivity index (χ2n) is 9.80. The van der Waals surface area contributed by atoms with Crippen molar-refractivity contribution in [3.63, 3.8) is 0 Å². The minimum atomic E-state index is -0.660. The zero-order valence-corrected chi connectivity index (χ0v) is 21.1. The van der Waals surface area contributed by atoms with E-state index in [1.165, 1.54) is 0 Å². The van der Waals surface area contributed by atoms with E-state index in [0.29, 0.717) is 31.8 Å². The molecule has 5 rings (SSSR count). The lowest BCUT2D eigenvalue weighted by Gasteiger charge is -2.37. The number of hydrogen-bond donors (Lipinski definition) is 3. The van der Waals surface area contributed by atoms with E-state index in [1.54, 1.807) is 6.20 Å². The van der Waals surface area contributed by atoms with Crippen molar-refractivity contribution in [1.29, 1.82) is 0 Å². The molecule has 0 bridgehead atoms. The summed E-state index contributed by atoms with van der Waals surface area (Å²) in [4.78, 5) is 19.2. The molecule has 5 heterocycles. The Morgan fingerprint density at radius 1 is 1.31 bits per heavy atom. The number of anilines is 1. The summed E-state index contributed by atoms with van der Waals surface area (Å²) < 4.78 is 7.58. The first-order valence-corrected chi connectivity index (χ1v) is 12.5. The summed E-state index contributed by atoms with van der Waals surface area (Å²) in [7, 11) is 0. The van der Waals surface area contributed by atoms with Gasteiger partial charge in [-0.05, 0) is 37.5 Å². The van der Waals surface area contributed by atoms with Crippen LogP contribution in [-0.2, 0) is 4.79 Å². The molecule has 0 aromatic carbocycles. The lowest BCUT2D eigenvalue weighted by molar-refractivity contribution is -0.127. The van der Waals surface area contributed by atoms with Gasteiger partial charge in [-0.25, -0.2) is 9.50 Å². The third-order valence-corrected chi connectivity index (χ3v) is 7.12. The predicted octanol–water partition coefficient (Wildman–Crippen LogP) is 3.02. The molecule has 10 nitrogen and oxygen atoms in total. The van der Waals surface area contributed by atoms with Crippen molar-refractivity contribution < 1.29 is 14.6 Å². The molecule has 1 amide bonds. The van der Waals surface area contributed by atoms with E-state index < -0.39 is 6.10 Å². The first-order chi connectivity index (χ1) is 17.4. The number of aromatic amines is 1. The van der Waals surface area contributed by atoms with Crippen LogP contribution in [0.1, 0.15) is 34.1 Å². The maximum Gasteiger partial charge on any atom is 0.223 e. The lowest BCUT2D eigenvalue weighted by atomic mass is 9.95. The predicted molar refractivity (Wildman–Crippen MR) is 138 cm³/mol. The van der Waals surface area contributed by atoms with Gasteiger partial charge in [-0.2, -0.15) is 5.10 Å². The fraction of sp³-hybridized carbons (Fsp3) is 0.462. The van der Waals surface area contributed by atoms with Gasteiger partial charge < -0.3 is 20.1 Å².